The van der Waals surface area contributed by atoms with Crippen molar-refractivity contribution in [3.05, 3.63) is 66.7 Å². The molecule has 4 N–H and O–H groups in total. The lowest BCUT2D eigenvalue weighted by molar-refractivity contribution is 1.25. The number of pyridine rings is 2. The molecule has 3 aromatic heterocycles. The van der Waals surface area contributed by atoms with E-state index in [1.54, 1.807) is 24.3 Å². The minimum absolute atomic E-state index is 0.642. The summed E-state index contributed by atoms with van der Waals surface area (Å²) < 4.78 is 3.45. The van der Waals surface area contributed by atoms with Gasteiger partial charge < -0.3 is 15.4 Å². The SMILES string of the molecule is Cc1[nH]c2nccc(NSc3ccccc3)c2c1-c1cncc(N)c1. The highest BCUT2D eigenvalue weighted by molar-refractivity contribution is 8.00. The summed E-state index contributed by atoms with van der Waals surface area (Å²) in [6, 6.07) is 14.1. The Hall–Kier alpha value is -2.99. The van der Waals surface area contributed by atoms with E-state index in [-0.39, 0.29) is 0 Å². The summed E-state index contributed by atoms with van der Waals surface area (Å²) in [4.78, 5) is 13.2. The number of anilines is 2. The number of aromatic amines is 1. The molecule has 3 heterocycles. The molecule has 0 atom stereocenters. The van der Waals surface area contributed by atoms with Gasteiger partial charge in [0.05, 0.1) is 16.8 Å². The Bertz CT molecular complexity index is 1030. The van der Waals surface area contributed by atoms with Crippen LogP contribution in [0.25, 0.3) is 22.2 Å². The van der Waals surface area contributed by atoms with Crippen molar-refractivity contribution in [3.63, 3.8) is 0 Å². The van der Waals surface area contributed by atoms with Gasteiger partial charge in [0.15, 0.2) is 0 Å². The van der Waals surface area contributed by atoms with Gasteiger partial charge in [-0.1, -0.05) is 18.2 Å². The quantitative estimate of drug-likeness (QED) is 0.469. The number of nitrogens with two attached hydrogens (primary N) is 1. The van der Waals surface area contributed by atoms with Crippen LogP contribution < -0.4 is 10.5 Å². The average Bonchev–Trinajstić information content (AvgIpc) is 2.97. The molecule has 0 spiro atoms. The van der Waals surface area contributed by atoms with E-state index in [1.807, 2.05) is 43.5 Å². The number of benzene rings is 1. The minimum atomic E-state index is 0.642. The summed E-state index contributed by atoms with van der Waals surface area (Å²) in [6.45, 7) is 2.04. The molecule has 0 saturated carbocycles. The molecule has 0 bridgehead atoms. The van der Waals surface area contributed by atoms with Crippen LogP contribution in [0, 0.1) is 6.92 Å². The highest BCUT2D eigenvalue weighted by atomic mass is 32.2. The second-order valence-corrected chi connectivity index (χ2v) is 6.61. The molecular weight excluding hydrogens is 330 g/mol. The lowest BCUT2D eigenvalue weighted by Gasteiger charge is -2.09. The van der Waals surface area contributed by atoms with Crippen LogP contribution in [-0.2, 0) is 0 Å². The highest BCUT2D eigenvalue weighted by Crippen LogP contribution is 2.37. The van der Waals surface area contributed by atoms with Gasteiger partial charge in [-0.15, -0.1) is 0 Å². The number of nitrogen functional groups attached to an aromatic ring is 1. The second-order valence-electron chi connectivity index (χ2n) is 5.73. The van der Waals surface area contributed by atoms with E-state index in [4.69, 9.17) is 5.73 Å². The molecule has 0 radical (unpaired) electrons. The van der Waals surface area contributed by atoms with Crippen molar-refractivity contribution in [1.82, 2.24) is 15.0 Å². The van der Waals surface area contributed by atoms with Crippen molar-refractivity contribution < 1.29 is 0 Å². The van der Waals surface area contributed by atoms with Gasteiger partial charge in [-0.2, -0.15) is 0 Å². The Morgan fingerprint density at radius 1 is 1.12 bits per heavy atom. The summed E-state index contributed by atoms with van der Waals surface area (Å²) in [5, 5.41) is 1.04. The van der Waals surface area contributed by atoms with Crippen molar-refractivity contribution in [2.45, 2.75) is 11.8 Å². The first-order chi connectivity index (χ1) is 12.2. The van der Waals surface area contributed by atoms with Gasteiger partial charge in [0, 0.05) is 40.3 Å². The number of rotatable bonds is 4. The highest BCUT2D eigenvalue weighted by Gasteiger charge is 2.15. The largest absolute Gasteiger partial charge is 0.397 e. The number of hydrogen-bond acceptors (Lipinski definition) is 5. The van der Waals surface area contributed by atoms with E-state index in [1.165, 1.54) is 0 Å². The van der Waals surface area contributed by atoms with E-state index in [9.17, 15) is 0 Å². The predicted octanol–water partition coefficient (Wildman–Crippen LogP) is 4.63. The van der Waals surface area contributed by atoms with Crippen LogP contribution in [0.2, 0.25) is 0 Å². The van der Waals surface area contributed by atoms with Crippen molar-refractivity contribution in [2.75, 3.05) is 10.5 Å². The third kappa shape index (κ3) is 3.04. The molecule has 0 aliphatic carbocycles. The van der Waals surface area contributed by atoms with Gasteiger partial charge in [0.25, 0.3) is 0 Å². The molecule has 0 fully saturated rings. The summed E-state index contributed by atoms with van der Waals surface area (Å²) in [5.74, 6) is 0. The summed E-state index contributed by atoms with van der Waals surface area (Å²) >= 11 is 1.57. The van der Waals surface area contributed by atoms with Crippen LogP contribution in [0.1, 0.15) is 5.69 Å². The first-order valence-corrected chi connectivity index (χ1v) is 8.70. The molecule has 5 nitrogen and oxygen atoms in total. The predicted molar refractivity (Wildman–Crippen MR) is 104 cm³/mol. The van der Waals surface area contributed by atoms with E-state index in [2.05, 4.69) is 31.8 Å². The molecule has 1 aromatic carbocycles. The van der Waals surface area contributed by atoms with Crippen molar-refractivity contribution >= 4 is 34.4 Å². The smallest absolute Gasteiger partial charge is 0.140 e. The van der Waals surface area contributed by atoms with Crippen LogP contribution in [0.4, 0.5) is 11.4 Å². The first-order valence-electron chi connectivity index (χ1n) is 7.88. The van der Waals surface area contributed by atoms with E-state index < -0.39 is 0 Å². The number of aryl methyl sites for hydroxylation is 1. The second kappa shape index (κ2) is 6.49. The van der Waals surface area contributed by atoms with Crippen LogP contribution in [0.15, 0.2) is 66.0 Å². The zero-order valence-corrected chi connectivity index (χ0v) is 14.5. The topological polar surface area (TPSA) is 79.6 Å². The van der Waals surface area contributed by atoms with Gasteiger partial charge in [-0.3, -0.25) is 4.98 Å². The molecule has 0 amide bonds. The third-order valence-corrected chi connectivity index (χ3v) is 4.78. The molecule has 4 rings (SSSR count). The maximum absolute atomic E-state index is 5.92. The van der Waals surface area contributed by atoms with Crippen molar-refractivity contribution in [3.8, 4) is 11.1 Å². The zero-order chi connectivity index (χ0) is 17.2. The number of fused-ring (bicyclic) bond motifs is 1. The lowest BCUT2D eigenvalue weighted by atomic mass is 10.0. The molecular formula is C19H17N5S. The Labute approximate surface area is 149 Å². The average molecular weight is 347 g/mol. The Morgan fingerprint density at radius 2 is 1.96 bits per heavy atom. The molecule has 124 valence electrons. The van der Waals surface area contributed by atoms with E-state index >= 15 is 0 Å². The number of hydrogen-bond donors (Lipinski definition) is 3. The van der Waals surface area contributed by atoms with E-state index in [0.29, 0.717) is 5.69 Å². The minimum Gasteiger partial charge on any atom is -0.397 e. The fraction of sp³-hybridized carbons (Fsp3) is 0.0526. The summed E-state index contributed by atoms with van der Waals surface area (Å²) in [6.07, 6.45) is 5.27. The van der Waals surface area contributed by atoms with Crippen molar-refractivity contribution in [1.29, 1.82) is 0 Å². The van der Waals surface area contributed by atoms with Crippen LogP contribution >= 0.6 is 11.9 Å². The molecule has 6 heteroatoms. The van der Waals surface area contributed by atoms with Gasteiger partial charge in [-0.05, 0) is 43.1 Å². The fourth-order valence-corrected chi connectivity index (χ4v) is 3.57. The van der Waals surface area contributed by atoms with Gasteiger partial charge >= 0.3 is 0 Å². The molecule has 0 aliphatic rings. The lowest BCUT2D eigenvalue weighted by Crippen LogP contribution is -1.91. The molecule has 0 aliphatic heterocycles. The molecule has 0 unspecified atom stereocenters. The normalized spacial score (nSPS) is 10.9. The molecule has 0 saturated heterocycles. The van der Waals surface area contributed by atoms with Crippen molar-refractivity contribution in [2.24, 2.45) is 0 Å². The van der Waals surface area contributed by atoms with Crippen LogP contribution in [-0.4, -0.2) is 15.0 Å². The Balaban J connectivity index is 1.80. The molecule has 25 heavy (non-hydrogen) atoms. The standard InChI is InChI=1S/C19H17N5S/c1-12-17(13-9-14(20)11-21-10-13)18-16(7-8-22-19(18)23-12)24-25-15-5-3-2-4-6-15/h2-11H,20H2,1H3,(H2,22,23,24). The number of H-pyrrole nitrogens is 1. The first kappa shape index (κ1) is 15.5. The van der Waals surface area contributed by atoms with Crippen LogP contribution in [0.5, 0.6) is 0 Å². The number of nitrogens with zero attached hydrogens (tertiary/aromatic N) is 2. The third-order valence-electron chi connectivity index (χ3n) is 3.95. The summed E-state index contributed by atoms with van der Waals surface area (Å²) in [7, 11) is 0. The van der Waals surface area contributed by atoms with Gasteiger partial charge in [0.2, 0.25) is 0 Å². The zero-order valence-electron chi connectivity index (χ0n) is 13.7. The number of aromatic nitrogens is 3. The maximum Gasteiger partial charge on any atom is 0.140 e. The number of nitrogens with one attached hydrogen (secondary N) is 2. The maximum atomic E-state index is 5.92. The Morgan fingerprint density at radius 3 is 2.76 bits per heavy atom. The summed E-state index contributed by atoms with van der Waals surface area (Å²) in [5.41, 5.74) is 11.5. The molecule has 4 aromatic rings. The fourth-order valence-electron chi connectivity index (χ4n) is 2.88. The van der Waals surface area contributed by atoms with E-state index in [0.717, 1.165) is 38.4 Å². The monoisotopic (exact) mass is 347 g/mol. The Kier molecular flexibility index (Phi) is 4.03. The van der Waals surface area contributed by atoms with Gasteiger partial charge in [0.1, 0.15) is 5.65 Å². The van der Waals surface area contributed by atoms with Gasteiger partial charge in [-0.25, -0.2) is 4.98 Å². The van der Waals surface area contributed by atoms with Crippen LogP contribution in [0.3, 0.4) is 0 Å².